The molecular formula is C33H27NO4. The zero-order chi connectivity index (χ0) is 26.5. The maximum Gasteiger partial charge on any atom is 0.340 e. The summed E-state index contributed by atoms with van der Waals surface area (Å²) in [5, 5.41) is 0. The summed E-state index contributed by atoms with van der Waals surface area (Å²) in [7, 11) is 1.64. The SMILES string of the molecule is CCOC(=O)c1cc(-c2ccccc2)n(-c2ccc(-c3ccc(OC)cc3)cc2)c1C(=O)c1ccccc1. The van der Waals surface area contributed by atoms with Crippen LogP contribution in [0.3, 0.4) is 0 Å². The van der Waals surface area contributed by atoms with Crippen molar-refractivity contribution in [3.05, 3.63) is 132 Å². The second-order valence-corrected chi connectivity index (χ2v) is 8.68. The monoisotopic (exact) mass is 501 g/mol. The minimum absolute atomic E-state index is 0.209. The van der Waals surface area contributed by atoms with E-state index in [4.69, 9.17) is 9.47 Å². The predicted molar refractivity (Wildman–Crippen MR) is 149 cm³/mol. The van der Waals surface area contributed by atoms with Crippen molar-refractivity contribution >= 4 is 11.8 Å². The van der Waals surface area contributed by atoms with E-state index >= 15 is 0 Å². The first kappa shape index (κ1) is 24.8. The molecule has 0 aliphatic carbocycles. The summed E-state index contributed by atoms with van der Waals surface area (Å²) in [6.07, 6.45) is 0. The Morgan fingerprint density at radius 3 is 1.87 bits per heavy atom. The Kier molecular flexibility index (Phi) is 7.18. The first-order chi connectivity index (χ1) is 18.6. The van der Waals surface area contributed by atoms with Gasteiger partial charge in [0.05, 0.1) is 25.0 Å². The van der Waals surface area contributed by atoms with E-state index in [0.29, 0.717) is 5.56 Å². The average molecular weight is 502 g/mol. The number of ether oxygens (including phenoxy) is 2. The minimum Gasteiger partial charge on any atom is -0.497 e. The third-order valence-electron chi connectivity index (χ3n) is 6.37. The highest BCUT2D eigenvalue weighted by molar-refractivity contribution is 6.15. The largest absolute Gasteiger partial charge is 0.497 e. The number of hydrogen-bond donors (Lipinski definition) is 0. The number of methoxy groups -OCH3 is 1. The van der Waals surface area contributed by atoms with Gasteiger partial charge in [-0.2, -0.15) is 0 Å². The van der Waals surface area contributed by atoms with E-state index in [9.17, 15) is 9.59 Å². The summed E-state index contributed by atoms with van der Waals surface area (Å²) in [5.74, 6) is 0.00778. The van der Waals surface area contributed by atoms with E-state index in [0.717, 1.165) is 33.8 Å². The van der Waals surface area contributed by atoms with Crippen LogP contribution >= 0.6 is 0 Å². The van der Waals surface area contributed by atoms with Gasteiger partial charge >= 0.3 is 5.97 Å². The van der Waals surface area contributed by atoms with Crippen LogP contribution < -0.4 is 4.74 Å². The van der Waals surface area contributed by atoms with Crippen LogP contribution in [0.4, 0.5) is 0 Å². The highest BCUT2D eigenvalue weighted by atomic mass is 16.5. The van der Waals surface area contributed by atoms with Gasteiger partial charge in [-0.15, -0.1) is 0 Å². The fourth-order valence-electron chi connectivity index (χ4n) is 4.50. The van der Waals surface area contributed by atoms with Crippen LogP contribution in [0.15, 0.2) is 115 Å². The van der Waals surface area contributed by atoms with Gasteiger partial charge in [0.2, 0.25) is 5.78 Å². The molecule has 0 saturated heterocycles. The number of ketones is 1. The van der Waals surface area contributed by atoms with Crippen LogP contribution in [0.1, 0.15) is 33.3 Å². The Labute approximate surface area is 221 Å². The van der Waals surface area contributed by atoms with Crippen molar-refractivity contribution < 1.29 is 19.1 Å². The summed E-state index contributed by atoms with van der Waals surface area (Å²) in [5.41, 5.74) is 5.43. The molecule has 5 nitrogen and oxygen atoms in total. The molecule has 0 aliphatic heterocycles. The first-order valence-electron chi connectivity index (χ1n) is 12.4. The van der Waals surface area contributed by atoms with E-state index in [1.54, 1.807) is 32.2 Å². The molecule has 0 spiro atoms. The molecule has 0 unspecified atom stereocenters. The Bertz CT molecular complexity index is 1550. The second kappa shape index (κ2) is 11.0. The van der Waals surface area contributed by atoms with Crippen molar-refractivity contribution in [1.82, 2.24) is 4.57 Å². The molecule has 0 atom stereocenters. The lowest BCUT2D eigenvalue weighted by Crippen LogP contribution is -2.15. The van der Waals surface area contributed by atoms with Crippen LogP contribution in [-0.2, 0) is 4.74 Å². The molecule has 5 rings (SSSR count). The number of rotatable bonds is 8. The number of carbonyl (C=O) groups excluding carboxylic acids is 2. The fourth-order valence-corrected chi connectivity index (χ4v) is 4.50. The Morgan fingerprint density at radius 1 is 0.711 bits per heavy atom. The van der Waals surface area contributed by atoms with Gasteiger partial charge in [0.15, 0.2) is 0 Å². The lowest BCUT2D eigenvalue weighted by molar-refractivity contribution is 0.0523. The molecule has 1 aromatic heterocycles. The topological polar surface area (TPSA) is 57.5 Å². The van der Waals surface area contributed by atoms with E-state index in [2.05, 4.69) is 0 Å². The van der Waals surface area contributed by atoms with Crippen molar-refractivity contribution in [2.24, 2.45) is 0 Å². The van der Waals surface area contributed by atoms with Gasteiger partial charge in [-0.1, -0.05) is 84.9 Å². The number of nitrogens with zero attached hydrogens (tertiary/aromatic N) is 1. The van der Waals surface area contributed by atoms with Gasteiger partial charge in [-0.25, -0.2) is 4.79 Å². The first-order valence-corrected chi connectivity index (χ1v) is 12.4. The quantitative estimate of drug-likeness (QED) is 0.166. The van der Waals surface area contributed by atoms with E-state index in [-0.39, 0.29) is 23.6 Å². The van der Waals surface area contributed by atoms with Crippen molar-refractivity contribution in [1.29, 1.82) is 0 Å². The summed E-state index contributed by atoms with van der Waals surface area (Å²) in [6.45, 7) is 1.96. The van der Waals surface area contributed by atoms with Crippen molar-refractivity contribution in [2.45, 2.75) is 6.92 Å². The minimum atomic E-state index is -0.530. The van der Waals surface area contributed by atoms with Crippen LogP contribution in [0.5, 0.6) is 5.75 Å². The molecule has 38 heavy (non-hydrogen) atoms. The van der Waals surface area contributed by atoms with Crippen LogP contribution in [0.2, 0.25) is 0 Å². The van der Waals surface area contributed by atoms with Gasteiger partial charge in [-0.05, 0) is 53.9 Å². The lowest BCUT2D eigenvalue weighted by Gasteiger charge is -2.15. The number of aromatic nitrogens is 1. The van der Waals surface area contributed by atoms with Crippen molar-refractivity contribution in [2.75, 3.05) is 13.7 Å². The van der Waals surface area contributed by atoms with E-state index in [1.165, 1.54) is 0 Å². The third-order valence-corrected chi connectivity index (χ3v) is 6.37. The van der Waals surface area contributed by atoms with Gasteiger partial charge in [0.25, 0.3) is 0 Å². The smallest absolute Gasteiger partial charge is 0.340 e. The van der Waals surface area contributed by atoms with Gasteiger partial charge in [0, 0.05) is 11.3 Å². The molecule has 0 fully saturated rings. The zero-order valence-corrected chi connectivity index (χ0v) is 21.3. The molecule has 5 heteroatoms. The van der Waals surface area contributed by atoms with Crippen molar-refractivity contribution in [3.8, 4) is 33.8 Å². The van der Waals surface area contributed by atoms with E-state index < -0.39 is 5.97 Å². The van der Waals surface area contributed by atoms with Crippen LogP contribution in [0, 0.1) is 0 Å². The van der Waals surface area contributed by atoms with E-state index in [1.807, 2.05) is 102 Å². The molecule has 188 valence electrons. The molecule has 0 saturated carbocycles. The fraction of sp³-hybridized carbons (Fsp3) is 0.0909. The number of carbonyl (C=O) groups is 2. The van der Waals surface area contributed by atoms with Gasteiger partial charge in [0.1, 0.15) is 11.4 Å². The maximum absolute atomic E-state index is 13.9. The molecule has 0 bridgehead atoms. The third kappa shape index (κ3) is 4.87. The number of hydrogen-bond acceptors (Lipinski definition) is 4. The lowest BCUT2D eigenvalue weighted by atomic mass is 10.0. The second-order valence-electron chi connectivity index (χ2n) is 8.68. The van der Waals surface area contributed by atoms with Crippen molar-refractivity contribution in [3.63, 3.8) is 0 Å². The van der Waals surface area contributed by atoms with Gasteiger partial charge < -0.3 is 14.0 Å². The number of benzene rings is 4. The average Bonchev–Trinajstić information content (AvgIpc) is 3.39. The normalized spacial score (nSPS) is 10.7. The molecule has 1 heterocycles. The Morgan fingerprint density at radius 2 is 1.29 bits per heavy atom. The maximum atomic E-state index is 13.9. The molecule has 0 amide bonds. The summed E-state index contributed by atoms with van der Waals surface area (Å²) >= 11 is 0. The van der Waals surface area contributed by atoms with Gasteiger partial charge in [-0.3, -0.25) is 4.79 Å². The number of esters is 1. The Hall–Kier alpha value is -4.90. The molecule has 4 aromatic carbocycles. The standard InChI is InChI=1S/C33H27NO4/c1-3-38-33(36)29-22-30(25-10-6-4-7-11-25)34(31(29)32(35)26-12-8-5-9-13-26)27-18-14-23(15-19-27)24-16-20-28(37-2)21-17-24/h4-22H,3H2,1-2H3. The highest BCUT2D eigenvalue weighted by Gasteiger charge is 2.28. The Balaban J connectivity index is 1.70. The van der Waals surface area contributed by atoms with Crippen LogP contribution in [-0.4, -0.2) is 30.0 Å². The molecule has 0 N–H and O–H groups in total. The highest BCUT2D eigenvalue weighted by Crippen LogP contribution is 2.33. The predicted octanol–water partition coefficient (Wildman–Crippen LogP) is 7.23. The zero-order valence-electron chi connectivity index (χ0n) is 21.3. The summed E-state index contributed by atoms with van der Waals surface area (Å²) in [4.78, 5) is 27.0. The molecule has 0 radical (unpaired) electrons. The molecule has 5 aromatic rings. The van der Waals surface area contributed by atoms with Crippen LogP contribution in [0.25, 0.3) is 28.1 Å². The summed E-state index contributed by atoms with van der Waals surface area (Å²) in [6, 6.07) is 36.2. The molecule has 0 aliphatic rings. The molecular weight excluding hydrogens is 474 g/mol. The summed E-state index contributed by atoms with van der Waals surface area (Å²) < 4.78 is 12.5.